The van der Waals surface area contributed by atoms with Gasteiger partial charge in [0.05, 0.1) is 12.3 Å². The van der Waals surface area contributed by atoms with Crippen LogP contribution in [0.15, 0.2) is 6.20 Å². The molecule has 2 atom stereocenters. The number of aromatic nitrogens is 2. The smallest absolute Gasteiger partial charge is 0.0597 e. The van der Waals surface area contributed by atoms with E-state index in [9.17, 15) is 5.11 Å². The van der Waals surface area contributed by atoms with Crippen molar-refractivity contribution in [1.82, 2.24) is 20.4 Å². The van der Waals surface area contributed by atoms with E-state index in [0.29, 0.717) is 5.92 Å². The molecule has 0 spiro atoms. The van der Waals surface area contributed by atoms with E-state index in [1.807, 2.05) is 13.2 Å². The molecule has 1 saturated carbocycles. The molecule has 1 aliphatic rings. The van der Waals surface area contributed by atoms with Crippen LogP contribution < -0.4 is 5.32 Å². The zero-order chi connectivity index (χ0) is 15.5. The molecule has 0 radical (unpaired) electrons. The van der Waals surface area contributed by atoms with Gasteiger partial charge in [0.25, 0.3) is 0 Å². The number of aliphatic hydroxyl groups excluding tert-OH is 1. The molecule has 2 rings (SSSR count). The van der Waals surface area contributed by atoms with Crippen LogP contribution >= 0.6 is 0 Å². The average molecular weight is 294 g/mol. The Kier molecular flexibility index (Phi) is 5.41. The molecule has 1 aromatic heterocycles. The molecule has 0 aliphatic heterocycles. The number of nitrogens with one attached hydrogen (secondary N) is 2. The van der Waals surface area contributed by atoms with Gasteiger partial charge in [-0.25, -0.2) is 0 Å². The van der Waals surface area contributed by atoms with Crippen LogP contribution in [0.5, 0.6) is 0 Å². The Hall–Kier alpha value is -0.910. The molecule has 21 heavy (non-hydrogen) atoms. The summed E-state index contributed by atoms with van der Waals surface area (Å²) in [5.74, 6) is 0.406. The summed E-state index contributed by atoms with van der Waals surface area (Å²) in [6.45, 7) is 7.23. The Morgan fingerprint density at radius 1 is 1.52 bits per heavy atom. The minimum atomic E-state index is -0.227. The maximum absolute atomic E-state index is 10.3. The third-order valence-electron chi connectivity index (χ3n) is 4.89. The lowest BCUT2D eigenvalue weighted by Gasteiger charge is -2.39. The molecular formula is C16H30N4O. The van der Waals surface area contributed by atoms with Gasteiger partial charge in [0.1, 0.15) is 0 Å². The van der Waals surface area contributed by atoms with Gasteiger partial charge in [0.15, 0.2) is 0 Å². The van der Waals surface area contributed by atoms with Crippen LogP contribution in [-0.4, -0.2) is 53.5 Å². The summed E-state index contributed by atoms with van der Waals surface area (Å²) in [6, 6.07) is 0. The van der Waals surface area contributed by atoms with Crippen LogP contribution in [0, 0.1) is 5.41 Å². The number of aliphatic hydroxyl groups is 1. The lowest BCUT2D eigenvalue weighted by Crippen LogP contribution is -2.36. The normalized spacial score (nSPS) is 25.4. The second-order valence-electron chi connectivity index (χ2n) is 7.13. The molecular weight excluding hydrogens is 264 g/mol. The molecule has 1 fully saturated rings. The SMILES string of the molecule is CNCCN(C)Cc1cn[nH]c1C1CCC(C)(C)C(O)C1. The maximum Gasteiger partial charge on any atom is 0.0597 e. The highest BCUT2D eigenvalue weighted by molar-refractivity contribution is 5.21. The molecule has 0 bridgehead atoms. The number of nitrogens with zero attached hydrogens (tertiary/aromatic N) is 2. The summed E-state index contributed by atoms with van der Waals surface area (Å²) in [6.07, 6.45) is 4.74. The third-order valence-corrected chi connectivity index (χ3v) is 4.89. The largest absolute Gasteiger partial charge is 0.393 e. The van der Waals surface area contributed by atoms with Gasteiger partial charge >= 0.3 is 0 Å². The summed E-state index contributed by atoms with van der Waals surface area (Å²) >= 11 is 0. The van der Waals surface area contributed by atoms with Gasteiger partial charge in [0, 0.05) is 36.8 Å². The highest BCUT2D eigenvalue weighted by atomic mass is 16.3. The van der Waals surface area contributed by atoms with Crippen LogP contribution in [0.4, 0.5) is 0 Å². The maximum atomic E-state index is 10.3. The van der Waals surface area contributed by atoms with Crippen LogP contribution in [0.1, 0.15) is 50.3 Å². The van der Waals surface area contributed by atoms with Crippen LogP contribution in [0.3, 0.4) is 0 Å². The van der Waals surface area contributed by atoms with Gasteiger partial charge < -0.3 is 15.3 Å². The van der Waals surface area contributed by atoms with E-state index in [1.165, 1.54) is 11.3 Å². The van der Waals surface area contributed by atoms with Gasteiger partial charge in [0.2, 0.25) is 0 Å². The van der Waals surface area contributed by atoms with Crippen LogP contribution in [0.2, 0.25) is 0 Å². The van der Waals surface area contributed by atoms with Crippen molar-refractivity contribution < 1.29 is 5.11 Å². The van der Waals surface area contributed by atoms with E-state index < -0.39 is 0 Å². The predicted octanol–water partition coefficient (Wildman–Crippen LogP) is 1.72. The third kappa shape index (κ3) is 4.05. The molecule has 120 valence electrons. The Morgan fingerprint density at radius 3 is 2.95 bits per heavy atom. The summed E-state index contributed by atoms with van der Waals surface area (Å²) in [5.41, 5.74) is 2.53. The van der Waals surface area contributed by atoms with Crippen molar-refractivity contribution >= 4 is 0 Å². The van der Waals surface area contributed by atoms with E-state index in [-0.39, 0.29) is 11.5 Å². The predicted molar refractivity (Wildman–Crippen MR) is 85.2 cm³/mol. The molecule has 0 aromatic carbocycles. The van der Waals surface area contributed by atoms with Gasteiger partial charge in [-0.3, -0.25) is 5.10 Å². The Morgan fingerprint density at radius 2 is 2.29 bits per heavy atom. The first-order valence-electron chi connectivity index (χ1n) is 7.97. The van der Waals surface area contributed by atoms with Gasteiger partial charge in [-0.15, -0.1) is 0 Å². The number of hydrogen-bond acceptors (Lipinski definition) is 4. The Labute approximate surface area is 128 Å². The first-order chi connectivity index (χ1) is 9.94. The van der Waals surface area contributed by atoms with Gasteiger partial charge in [-0.1, -0.05) is 13.8 Å². The van der Waals surface area contributed by atoms with Crippen molar-refractivity contribution in [2.75, 3.05) is 27.2 Å². The van der Waals surface area contributed by atoms with Crippen molar-refractivity contribution in [3.8, 4) is 0 Å². The first kappa shape index (κ1) is 16.5. The lowest BCUT2D eigenvalue weighted by molar-refractivity contribution is 0.00462. The Balaban J connectivity index is 2.00. The molecule has 1 aliphatic carbocycles. The standard InChI is InChI=1S/C16H30N4O/c1-16(2)6-5-12(9-14(16)21)15-13(10-18-19-15)11-20(4)8-7-17-3/h10,12,14,17,21H,5-9,11H2,1-4H3,(H,18,19). The van der Waals surface area contributed by atoms with E-state index in [4.69, 9.17) is 0 Å². The van der Waals surface area contributed by atoms with Gasteiger partial charge in [-0.2, -0.15) is 5.10 Å². The molecule has 2 unspecified atom stereocenters. The average Bonchev–Trinajstić information content (AvgIpc) is 2.87. The minimum Gasteiger partial charge on any atom is -0.393 e. The molecule has 1 aromatic rings. The summed E-state index contributed by atoms with van der Waals surface area (Å²) in [7, 11) is 4.11. The fourth-order valence-electron chi connectivity index (χ4n) is 3.15. The number of likely N-dealkylation sites (N-methyl/N-ethyl adjacent to an activating group) is 2. The van der Waals surface area contributed by atoms with Crippen LogP contribution in [0.25, 0.3) is 0 Å². The second kappa shape index (κ2) is 6.90. The first-order valence-corrected chi connectivity index (χ1v) is 7.97. The molecule has 0 amide bonds. The van der Waals surface area contributed by atoms with Crippen molar-refractivity contribution in [3.63, 3.8) is 0 Å². The van der Waals surface area contributed by atoms with Crippen molar-refractivity contribution in [1.29, 1.82) is 0 Å². The molecule has 5 nitrogen and oxygen atoms in total. The zero-order valence-electron chi connectivity index (χ0n) is 13.8. The lowest BCUT2D eigenvalue weighted by atomic mass is 9.70. The van der Waals surface area contributed by atoms with E-state index in [0.717, 1.165) is 38.9 Å². The Bertz CT molecular complexity index is 443. The van der Waals surface area contributed by atoms with Crippen LogP contribution in [-0.2, 0) is 6.54 Å². The highest BCUT2D eigenvalue weighted by Crippen LogP contribution is 2.42. The number of aromatic amines is 1. The molecule has 5 heteroatoms. The zero-order valence-corrected chi connectivity index (χ0v) is 13.8. The minimum absolute atomic E-state index is 0.0419. The molecule has 0 saturated heterocycles. The fourth-order valence-corrected chi connectivity index (χ4v) is 3.15. The van der Waals surface area contributed by atoms with E-state index >= 15 is 0 Å². The van der Waals surface area contributed by atoms with Crippen molar-refractivity contribution in [3.05, 3.63) is 17.5 Å². The second-order valence-corrected chi connectivity index (χ2v) is 7.13. The van der Waals surface area contributed by atoms with Crippen molar-refractivity contribution in [2.24, 2.45) is 5.41 Å². The summed E-state index contributed by atoms with van der Waals surface area (Å²) < 4.78 is 0. The van der Waals surface area contributed by atoms with E-state index in [2.05, 4.69) is 41.3 Å². The molecule has 3 N–H and O–H groups in total. The molecule has 1 heterocycles. The number of hydrogen-bond donors (Lipinski definition) is 3. The number of H-pyrrole nitrogens is 1. The summed E-state index contributed by atoms with van der Waals surface area (Å²) in [5, 5.41) is 20.9. The van der Waals surface area contributed by atoms with Crippen molar-refractivity contribution in [2.45, 2.75) is 51.7 Å². The highest BCUT2D eigenvalue weighted by Gasteiger charge is 2.36. The van der Waals surface area contributed by atoms with E-state index in [1.54, 1.807) is 0 Å². The number of rotatable bonds is 6. The topological polar surface area (TPSA) is 64.2 Å². The summed E-state index contributed by atoms with van der Waals surface area (Å²) in [4.78, 5) is 2.30. The fraction of sp³-hybridized carbons (Fsp3) is 0.812. The monoisotopic (exact) mass is 294 g/mol. The van der Waals surface area contributed by atoms with Gasteiger partial charge in [-0.05, 0) is 38.8 Å². The quantitative estimate of drug-likeness (QED) is 0.747.